The number of fused-ring (bicyclic) bond motifs is 1. The lowest BCUT2D eigenvalue weighted by Gasteiger charge is -2.32. The van der Waals surface area contributed by atoms with Gasteiger partial charge in [-0.15, -0.1) is 0 Å². The molecule has 1 heterocycles. The number of cyclic esters (lactones) is 1. The average Bonchev–Trinajstić information content (AvgIpc) is 2.40. The smallest absolute Gasteiger partial charge is 0.345 e. The molecular weight excluding hydrogens is 268 g/mol. The molecule has 1 N–H and O–H groups in total. The second-order valence-electron chi connectivity index (χ2n) is 5.53. The monoisotopic (exact) mass is 284 g/mol. The fourth-order valence-corrected chi connectivity index (χ4v) is 2.38. The van der Waals surface area contributed by atoms with E-state index in [1.165, 1.54) is 6.07 Å². The quantitative estimate of drug-likeness (QED) is 0.860. The molecular formula is C17H16O4. The molecule has 3 rings (SSSR count). The summed E-state index contributed by atoms with van der Waals surface area (Å²) in [6, 6.07) is 12.9. The minimum Gasteiger partial charge on any atom is -0.508 e. The lowest BCUT2D eigenvalue weighted by molar-refractivity contribution is -0.127. The van der Waals surface area contributed by atoms with Crippen LogP contribution in [-0.4, -0.2) is 16.9 Å². The largest absolute Gasteiger partial charge is 0.508 e. The Kier molecular flexibility index (Phi) is 3.09. The summed E-state index contributed by atoms with van der Waals surface area (Å²) < 4.78 is 10.8. The van der Waals surface area contributed by atoms with Gasteiger partial charge in [-0.1, -0.05) is 30.3 Å². The number of esters is 1. The molecule has 0 aromatic heterocycles. The molecule has 1 aliphatic heterocycles. The maximum absolute atomic E-state index is 12.0. The predicted octanol–water partition coefficient (Wildman–Crippen LogP) is 3.27. The molecule has 2 aromatic rings. The average molecular weight is 284 g/mol. The first-order valence-corrected chi connectivity index (χ1v) is 6.77. The highest BCUT2D eigenvalue weighted by atomic mass is 16.7. The van der Waals surface area contributed by atoms with Crippen LogP contribution in [0.25, 0.3) is 0 Å². The third-order valence-corrected chi connectivity index (χ3v) is 3.33. The number of phenolic OH excluding ortho intramolecular Hbond substituents is 1. The molecule has 108 valence electrons. The summed E-state index contributed by atoms with van der Waals surface area (Å²) >= 11 is 0. The number of benzene rings is 2. The molecule has 0 aliphatic carbocycles. The molecule has 0 unspecified atom stereocenters. The third-order valence-electron chi connectivity index (χ3n) is 3.33. The summed E-state index contributed by atoms with van der Waals surface area (Å²) in [6.45, 7) is 3.31. The predicted molar refractivity (Wildman–Crippen MR) is 77.5 cm³/mol. The van der Waals surface area contributed by atoms with Crippen LogP contribution in [0.3, 0.4) is 0 Å². The molecule has 0 radical (unpaired) electrons. The molecule has 0 fully saturated rings. The van der Waals surface area contributed by atoms with Gasteiger partial charge in [-0.3, -0.25) is 0 Å². The lowest BCUT2D eigenvalue weighted by Crippen LogP contribution is -2.38. The van der Waals surface area contributed by atoms with Crippen molar-refractivity contribution in [3.63, 3.8) is 0 Å². The van der Waals surface area contributed by atoms with Crippen molar-refractivity contribution in [3.05, 3.63) is 59.2 Å². The van der Waals surface area contributed by atoms with Crippen molar-refractivity contribution in [2.45, 2.75) is 26.1 Å². The van der Waals surface area contributed by atoms with Gasteiger partial charge in [-0.25, -0.2) is 4.79 Å². The van der Waals surface area contributed by atoms with Gasteiger partial charge in [0.25, 0.3) is 0 Å². The van der Waals surface area contributed by atoms with E-state index in [2.05, 4.69) is 0 Å². The summed E-state index contributed by atoms with van der Waals surface area (Å²) in [4.78, 5) is 12.0. The molecule has 2 aromatic carbocycles. The van der Waals surface area contributed by atoms with E-state index < -0.39 is 11.8 Å². The van der Waals surface area contributed by atoms with Gasteiger partial charge in [0, 0.05) is 26.3 Å². The van der Waals surface area contributed by atoms with Crippen LogP contribution >= 0.6 is 0 Å². The highest BCUT2D eigenvalue weighted by Crippen LogP contribution is 2.36. The zero-order valence-electron chi connectivity index (χ0n) is 11.9. The molecule has 0 amide bonds. The van der Waals surface area contributed by atoms with E-state index in [-0.39, 0.29) is 5.75 Å². The van der Waals surface area contributed by atoms with Crippen LogP contribution in [0.15, 0.2) is 42.5 Å². The SMILES string of the molecule is CC1(C)OC(=O)c2cc(Cc3ccccc3)c(O)cc2O1. The highest BCUT2D eigenvalue weighted by molar-refractivity contribution is 5.94. The molecule has 1 aliphatic rings. The molecule has 0 spiro atoms. The Hall–Kier alpha value is -2.49. The lowest BCUT2D eigenvalue weighted by atomic mass is 10.0. The minimum atomic E-state index is -1.02. The highest BCUT2D eigenvalue weighted by Gasteiger charge is 2.34. The standard InChI is InChI=1S/C17H16O4/c1-17(2)20-15-10-14(18)12(9-13(15)16(19)21-17)8-11-6-4-3-5-7-11/h3-7,9-10,18H,8H2,1-2H3. The summed E-state index contributed by atoms with van der Waals surface area (Å²) in [5, 5.41) is 10.2. The van der Waals surface area contributed by atoms with Gasteiger partial charge in [0.05, 0.1) is 0 Å². The second-order valence-corrected chi connectivity index (χ2v) is 5.53. The van der Waals surface area contributed by atoms with Crippen molar-refractivity contribution in [1.82, 2.24) is 0 Å². The van der Waals surface area contributed by atoms with Crippen LogP contribution in [0.2, 0.25) is 0 Å². The Balaban J connectivity index is 1.98. The van der Waals surface area contributed by atoms with Gasteiger partial charge in [0.15, 0.2) is 0 Å². The Morgan fingerprint density at radius 1 is 1.10 bits per heavy atom. The van der Waals surface area contributed by atoms with Crippen LogP contribution in [0.4, 0.5) is 0 Å². The Bertz CT molecular complexity index is 689. The number of ether oxygens (including phenoxy) is 2. The topological polar surface area (TPSA) is 55.8 Å². The first kappa shape index (κ1) is 13.5. The van der Waals surface area contributed by atoms with Crippen molar-refractivity contribution < 1.29 is 19.4 Å². The number of aromatic hydroxyl groups is 1. The van der Waals surface area contributed by atoms with E-state index in [1.54, 1.807) is 19.9 Å². The summed E-state index contributed by atoms with van der Waals surface area (Å²) in [5.41, 5.74) is 2.07. The number of hydrogen-bond donors (Lipinski definition) is 1. The van der Waals surface area contributed by atoms with Crippen molar-refractivity contribution in [1.29, 1.82) is 0 Å². The van der Waals surface area contributed by atoms with Gasteiger partial charge in [0.2, 0.25) is 5.79 Å². The summed E-state index contributed by atoms with van der Waals surface area (Å²) in [5.74, 6) is -0.985. The Morgan fingerprint density at radius 3 is 2.52 bits per heavy atom. The van der Waals surface area contributed by atoms with Crippen LogP contribution in [0.5, 0.6) is 11.5 Å². The van der Waals surface area contributed by atoms with Crippen LogP contribution in [0.1, 0.15) is 35.3 Å². The van der Waals surface area contributed by atoms with Crippen molar-refractivity contribution >= 4 is 5.97 Å². The van der Waals surface area contributed by atoms with Gasteiger partial charge < -0.3 is 14.6 Å². The van der Waals surface area contributed by atoms with Crippen molar-refractivity contribution in [2.24, 2.45) is 0 Å². The normalized spacial score (nSPS) is 15.8. The van der Waals surface area contributed by atoms with E-state index in [0.29, 0.717) is 23.3 Å². The first-order valence-electron chi connectivity index (χ1n) is 6.77. The van der Waals surface area contributed by atoms with Gasteiger partial charge in [0.1, 0.15) is 17.1 Å². The maximum Gasteiger partial charge on any atom is 0.345 e. The first-order chi connectivity index (χ1) is 9.94. The Morgan fingerprint density at radius 2 is 1.81 bits per heavy atom. The van der Waals surface area contributed by atoms with E-state index in [4.69, 9.17) is 9.47 Å². The van der Waals surface area contributed by atoms with E-state index in [9.17, 15) is 9.90 Å². The fraction of sp³-hybridized carbons (Fsp3) is 0.235. The second kappa shape index (κ2) is 4.81. The van der Waals surface area contributed by atoms with Crippen LogP contribution in [0, 0.1) is 0 Å². The molecule has 0 bridgehead atoms. The molecule has 0 saturated carbocycles. The number of rotatable bonds is 2. The van der Waals surface area contributed by atoms with Crippen LogP contribution < -0.4 is 4.74 Å². The van der Waals surface area contributed by atoms with Crippen molar-refractivity contribution in [3.8, 4) is 11.5 Å². The molecule has 21 heavy (non-hydrogen) atoms. The van der Waals surface area contributed by atoms with Gasteiger partial charge >= 0.3 is 5.97 Å². The number of phenols is 1. The van der Waals surface area contributed by atoms with Crippen LogP contribution in [-0.2, 0) is 11.2 Å². The van der Waals surface area contributed by atoms with Crippen molar-refractivity contribution in [2.75, 3.05) is 0 Å². The number of carbonyl (C=O) groups is 1. The van der Waals surface area contributed by atoms with E-state index in [0.717, 1.165) is 5.56 Å². The van der Waals surface area contributed by atoms with Gasteiger partial charge in [-0.05, 0) is 17.2 Å². The van der Waals surface area contributed by atoms with E-state index in [1.807, 2.05) is 30.3 Å². The van der Waals surface area contributed by atoms with Gasteiger partial charge in [-0.2, -0.15) is 0 Å². The summed E-state index contributed by atoms with van der Waals surface area (Å²) in [6.07, 6.45) is 0.538. The minimum absolute atomic E-state index is 0.114. The maximum atomic E-state index is 12.0. The fourth-order valence-electron chi connectivity index (χ4n) is 2.38. The molecule has 0 saturated heterocycles. The Labute approximate surface area is 122 Å². The number of hydrogen-bond acceptors (Lipinski definition) is 4. The zero-order chi connectivity index (χ0) is 15.0. The third kappa shape index (κ3) is 2.70. The van der Waals surface area contributed by atoms with E-state index >= 15 is 0 Å². The number of carbonyl (C=O) groups excluding carboxylic acids is 1. The summed E-state index contributed by atoms with van der Waals surface area (Å²) in [7, 11) is 0. The molecule has 4 nitrogen and oxygen atoms in total. The molecule has 4 heteroatoms. The molecule has 0 atom stereocenters. The zero-order valence-corrected chi connectivity index (χ0v) is 11.9.